The Morgan fingerprint density at radius 3 is 2.73 bits per heavy atom. The third-order valence-corrected chi connectivity index (χ3v) is 4.05. The van der Waals surface area contributed by atoms with Gasteiger partial charge in [-0.2, -0.15) is 4.98 Å². The van der Waals surface area contributed by atoms with Gasteiger partial charge in [-0.1, -0.05) is 11.2 Å². The number of halogens is 1. The molecule has 1 aliphatic heterocycles. The summed E-state index contributed by atoms with van der Waals surface area (Å²) in [5, 5.41) is 4.05. The van der Waals surface area contributed by atoms with E-state index < -0.39 is 0 Å². The first-order chi connectivity index (χ1) is 12.2. The Labute approximate surface area is 158 Å². The van der Waals surface area contributed by atoms with Crippen molar-refractivity contribution in [1.29, 1.82) is 0 Å². The number of benzene rings is 1. The van der Waals surface area contributed by atoms with Crippen molar-refractivity contribution in [2.75, 3.05) is 39.9 Å². The number of nitrogens with zero attached hydrogens (tertiary/aromatic N) is 4. The summed E-state index contributed by atoms with van der Waals surface area (Å²) in [5.74, 6) is 1.84. The van der Waals surface area contributed by atoms with Gasteiger partial charge in [0.05, 0.1) is 20.3 Å². The van der Waals surface area contributed by atoms with Crippen LogP contribution in [0, 0.1) is 0 Å². The van der Waals surface area contributed by atoms with E-state index >= 15 is 0 Å². The zero-order chi connectivity index (χ0) is 17.6. The average Bonchev–Trinajstić information content (AvgIpc) is 3.11. The van der Waals surface area contributed by atoms with Gasteiger partial charge in [-0.15, -0.1) is 12.4 Å². The van der Waals surface area contributed by atoms with E-state index in [1.165, 1.54) is 0 Å². The van der Waals surface area contributed by atoms with Crippen LogP contribution in [0.2, 0.25) is 0 Å². The summed E-state index contributed by atoms with van der Waals surface area (Å²) in [6.07, 6.45) is -0.248. The van der Waals surface area contributed by atoms with Gasteiger partial charge in [0.2, 0.25) is 0 Å². The van der Waals surface area contributed by atoms with Crippen molar-refractivity contribution in [2.24, 2.45) is 0 Å². The number of carbonyl (C=O) groups excluding carboxylic acids is 1. The minimum Gasteiger partial charge on any atom is -0.497 e. The van der Waals surface area contributed by atoms with Crippen LogP contribution in [0.1, 0.15) is 12.7 Å². The predicted octanol–water partition coefficient (Wildman–Crippen LogP) is 2.44. The van der Waals surface area contributed by atoms with Gasteiger partial charge < -0.3 is 18.9 Å². The molecule has 2 aromatic rings. The standard InChI is InChI=1S/C17H22N4O4.ClH/c1-3-24-17(22)21-9-7-20(8-10-21)12-15-18-16(25-19-15)13-5-4-6-14(11-13)23-2;/h4-6,11H,3,7-10,12H2,1-2H3;1H. The molecule has 0 spiro atoms. The molecule has 0 bridgehead atoms. The van der Waals surface area contributed by atoms with Crippen LogP contribution in [0.15, 0.2) is 28.8 Å². The van der Waals surface area contributed by atoms with Crippen LogP contribution in [-0.4, -0.2) is 65.9 Å². The quantitative estimate of drug-likeness (QED) is 0.785. The van der Waals surface area contributed by atoms with E-state index in [0.717, 1.165) is 24.4 Å². The number of hydrogen-bond donors (Lipinski definition) is 0. The maximum Gasteiger partial charge on any atom is 0.409 e. The van der Waals surface area contributed by atoms with Crippen LogP contribution in [-0.2, 0) is 11.3 Å². The molecule has 1 amide bonds. The molecule has 26 heavy (non-hydrogen) atoms. The monoisotopic (exact) mass is 382 g/mol. The van der Waals surface area contributed by atoms with Gasteiger partial charge in [0.25, 0.3) is 5.89 Å². The smallest absolute Gasteiger partial charge is 0.409 e. The van der Waals surface area contributed by atoms with Crippen LogP contribution in [0.25, 0.3) is 11.5 Å². The summed E-state index contributed by atoms with van der Waals surface area (Å²) in [6, 6.07) is 7.50. The third kappa shape index (κ3) is 4.86. The number of hydrogen-bond acceptors (Lipinski definition) is 7. The van der Waals surface area contributed by atoms with Crippen LogP contribution < -0.4 is 4.74 Å². The molecule has 1 fully saturated rings. The van der Waals surface area contributed by atoms with Crippen molar-refractivity contribution in [1.82, 2.24) is 19.9 Å². The molecule has 1 aliphatic rings. The lowest BCUT2D eigenvalue weighted by atomic mass is 10.2. The van der Waals surface area contributed by atoms with Crippen LogP contribution in [0.3, 0.4) is 0 Å². The van der Waals surface area contributed by atoms with E-state index in [1.807, 2.05) is 31.2 Å². The van der Waals surface area contributed by atoms with Crippen LogP contribution in [0.4, 0.5) is 4.79 Å². The third-order valence-electron chi connectivity index (χ3n) is 4.05. The number of piperazine rings is 1. The Bertz CT molecular complexity index is 716. The Morgan fingerprint density at radius 2 is 2.04 bits per heavy atom. The molecule has 0 unspecified atom stereocenters. The Balaban J connectivity index is 0.00000243. The molecule has 0 aliphatic carbocycles. The number of rotatable bonds is 5. The SMILES string of the molecule is CCOC(=O)N1CCN(Cc2noc(-c3cccc(OC)c3)n2)CC1.Cl. The van der Waals surface area contributed by atoms with E-state index in [-0.39, 0.29) is 18.5 Å². The molecular formula is C17H23ClN4O4. The Hall–Kier alpha value is -2.32. The van der Waals surface area contributed by atoms with E-state index in [9.17, 15) is 4.79 Å². The molecule has 2 heterocycles. The molecule has 142 valence electrons. The number of methoxy groups -OCH3 is 1. The second-order valence-corrected chi connectivity index (χ2v) is 5.71. The highest BCUT2D eigenvalue weighted by Crippen LogP contribution is 2.22. The zero-order valence-corrected chi connectivity index (χ0v) is 15.7. The van der Waals surface area contributed by atoms with E-state index in [0.29, 0.717) is 38.0 Å². The lowest BCUT2D eigenvalue weighted by Gasteiger charge is -2.33. The van der Waals surface area contributed by atoms with Gasteiger partial charge in [-0.25, -0.2) is 4.79 Å². The van der Waals surface area contributed by atoms with E-state index in [4.69, 9.17) is 14.0 Å². The maximum absolute atomic E-state index is 11.7. The van der Waals surface area contributed by atoms with Crippen molar-refractivity contribution >= 4 is 18.5 Å². The zero-order valence-electron chi connectivity index (χ0n) is 14.9. The van der Waals surface area contributed by atoms with E-state index in [2.05, 4.69) is 15.0 Å². The number of carbonyl (C=O) groups is 1. The van der Waals surface area contributed by atoms with E-state index in [1.54, 1.807) is 12.0 Å². The first kappa shape index (κ1) is 20.0. The highest BCUT2D eigenvalue weighted by atomic mass is 35.5. The van der Waals surface area contributed by atoms with Gasteiger partial charge in [0.15, 0.2) is 5.82 Å². The molecule has 0 N–H and O–H groups in total. The molecule has 1 saturated heterocycles. The van der Waals surface area contributed by atoms with Gasteiger partial charge in [0, 0.05) is 31.7 Å². The highest BCUT2D eigenvalue weighted by Gasteiger charge is 2.23. The van der Waals surface area contributed by atoms with Gasteiger partial charge in [-0.3, -0.25) is 4.90 Å². The summed E-state index contributed by atoms with van der Waals surface area (Å²) in [4.78, 5) is 20.1. The van der Waals surface area contributed by atoms with Gasteiger partial charge in [-0.05, 0) is 25.1 Å². The first-order valence-corrected chi connectivity index (χ1v) is 8.30. The van der Waals surface area contributed by atoms with Gasteiger partial charge >= 0.3 is 6.09 Å². The van der Waals surface area contributed by atoms with Crippen molar-refractivity contribution < 1.29 is 18.8 Å². The van der Waals surface area contributed by atoms with Crippen molar-refractivity contribution in [2.45, 2.75) is 13.5 Å². The van der Waals surface area contributed by atoms with Crippen molar-refractivity contribution in [3.63, 3.8) is 0 Å². The predicted molar refractivity (Wildman–Crippen MR) is 97.4 cm³/mol. The maximum atomic E-state index is 11.7. The van der Waals surface area contributed by atoms with Crippen molar-refractivity contribution in [3.05, 3.63) is 30.1 Å². The second kappa shape index (κ2) is 9.40. The lowest BCUT2D eigenvalue weighted by molar-refractivity contribution is 0.0769. The number of aromatic nitrogens is 2. The largest absolute Gasteiger partial charge is 0.497 e. The number of ether oxygens (including phenoxy) is 2. The lowest BCUT2D eigenvalue weighted by Crippen LogP contribution is -2.48. The summed E-state index contributed by atoms with van der Waals surface area (Å²) in [6.45, 7) is 5.58. The fraction of sp³-hybridized carbons (Fsp3) is 0.471. The van der Waals surface area contributed by atoms with Crippen molar-refractivity contribution in [3.8, 4) is 17.2 Å². The summed E-state index contributed by atoms with van der Waals surface area (Å²) < 4.78 is 15.6. The molecule has 0 atom stereocenters. The fourth-order valence-corrected chi connectivity index (χ4v) is 2.69. The molecule has 9 heteroatoms. The Kier molecular flexibility index (Phi) is 7.23. The van der Waals surface area contributed by atoms with Crippen LogP contribution in [0.5, 0.6) is 5.75 Å². The minimum atomic E-state index is -0.248. The summed E-state index contributed by atoms with van der Waals surface area (Å²) in [5.41, 5.74) is 0.824. The fourth-order valence-electron chi connectivity index (χ4n) is 2.69. The molecular weight excluding hydrogens is 360 g/mol. The topological polar surface area (TPSA) is 80.9 Å². The molecule has 3 rings (SSSR count). The van der Waals surface area contributed by atoms with Gasteiger partial charge in [0.1, 0.15) is 5.75 Å². The minimum absolute atomic E-state index is 0. The summed E-state index contributed by atoms with van der Waals surface area (Å²) in [7, 11) is 1.62. The Morgan fingerprint density at radius 1 is 1.27 bits per heavy atom. The highest BCUT2D eigenvalue weighted by molar-refractivity contribution is 5.85. The molecule has 0 saturated carbocycles. The summed E-state index contributed by atoms with van der Waals surface area (Å²) >= 11 is 0. The second-order valence-electron chi connectivity index (χ2n) is 5.71. The first-order valence-electron chi connectivity index (χ1n) is 8.30. The average molecular weight is 383 g/mol. The molecule has 8 nitrogen and oxygen atoms in total. The van der Waals surface area contributed by atoms with Crippen LogP contribution >= 0.6 is 12.4 Å². The molecule has 1 aromatic heterocycles. The normalized spacial score (nSPS) is 14.6. The molecule has 0 radical (unpaired) electrons. The molecule has 1 aromatic carbocycles. The number of amides is 1.